The molecule has 100 valence electrons. The molecule has 0 atom stereocenters. The van der Waals surface area contributed by atoms with Crippen LogP contribution in [0.5, 0.6) is 0 Å². The molecular weight excluding hydrogens is 317 g/mol. The first-order chi connectivity index (χ1) is 8.95. The fraction of sp³-hybridized carbons (Fsp3) is 0.0909. The molecule has 0 radical (unpaired) electrons. The first-order valence-electron chi connectivity index (χ1n) is 4.92. The highest BCUT2D eigenvalue weighted by Gasteiger charge is 2.22. The lowest BCUT2D eigenvalue weighted by molar-refractivity contribution is 0.0595. The average Bonchev–Trinajstić information content (AvgIpc) is 2.69. The van der Waals surface area contributed by atoms with E-state index in [0.717, 1.165) is 18.0 Å². The number of carbonyl (C=O) groups excluding carboxylic acids is 1. The van der Waals surface area contributed by atoms with Crippen molar-refractivity contribution in [1.82, 2.24) is 9.78 Å². The Morgan fingerprint density at radius 2 is 1.89 bits per heavy atom. The number of ether oxygens (including phenoxy) is 1. The second kappa shape index (κ2) is 5.36. The van der Waals surface area contributed by atoms with Gasteiger partial charge in [-0.25, -0.2) is 9.48 Å². The Balaban J connectivity index is 2.61. The van der Waals surface area contributed by atoms with Gasteiger partial charge < -0.3 is 4.74 Å². The molecular formula is C11H6Cl3FN2O2. The van der Waals surface area contributed by atoms with Gasteiger partial charge in [-0.15, -0.1) is 0 Å². The van der Waals surface area contributed by atoms with Gasteiger partial charge in [0, 0.05) is 5.02 Å². The van der Waals surface area contributed by atoms with Crippen LogP contribution in [0.2, 0.25) is 15.1 Å². The van der Waals surface area contributed by atoms with E-state index in [9.17, 15) is 9.18 Å². The number of nitrogens with zero attached hydrogens (tertiary/aromatic N) is 2. The second-order valence-corrected chi connectivity index (χ2v) is 4.72. The van der Waals surface area contributed by atoms with Crippen LogP contribution >= 0.6 is 34.8 Å². The summed E-state index contributed by atoms with van der Waals surface area (Å²) in [5.74, 6) is -1.76. The van der Waals surface area contributed by atoms with Crippen LogP contribution in [0.25, 0.3) is 5.69 Å². The lowest BCUT2D eigenvalue weighted by atomic mass is 10.3. The van der Waals surface area contributed by atoms with Crippen LogP contribution in [0.4, 0.5) is 4.39 Å². The van der Waals surface area contributed by atoms with Crippen molar-refractivity contribution in [3.63, 3.8) is 0 Å². The Hall–Kier alpha value is -1.30. The van der Waals surface area contributed by atoms with E-state index in [0.29, 0.717) is 5.02 Å². The molecule has 0 aliphatic carbocycles. The maximum absolute atomic E-state index is 14.1. The molecule has 0 amide bonds. The number of esters is 1. The summed E-state index contributed by atoms with van der Waals surface area (Å²) in [5, 5.41) is 4.25. The standard InChI is InChI=1S/C11H6Cl3FN2O2/c1-19-11(18)6-4-16-17(10(6)15)9-7(13)2-5(12)3-8(9)14/h2-4H,1H3. The average molecular weight is 324 g/mol. The third kappa shape index (κ3) is 2.54. The number of carbonyl (C=O) groups is 1. The maximum Gasteiger partial charge on any atom is 0.344 e. The fourth-order valence-corrected chi connectivity index (χ4v) is 2.45. The summed E-state index contributed by atoms with van der Waals surface area (Å²) in [6, 6.07) is 2.78. The van der Waals surface area contributed by atoms with Crippen molar-refractivity contribution in [2.24, 2.45) is 0 Å². The smallest absolute Gasteiger partial charge is 0.344 e. The van der Waals surface area contributed by atoms with Gasteiger partial charge in [0.05, 0.1) is 23.4 Å². The highest BCUT2D eigenvalue weighted by Crippen LogP contribution is 2.32. The number of methoxy groups -OCH3 is 1. The van der Waals surface area contributed by atoms with Crippen molar-refractivity contribution < 1.29 is 13.9 Å². The quantitative estimate of drug-likeness (QED) is 0.790. The van der Waals surface area contributed by atoms with Gasteiger partial charge in [0.25, 0.3) is 0 Å². The molecule has 2 aromatic rings. The van der Waals surface area contributed by atoms with Crippen molar-refractivity contribution in [2.45, 2.75) is 0 Å². The molecule has 1 heterocycles. The highest BCUT2D eigenvalue weighted by atomic mass is 35.5. The zero-order valence-corrected chi connectivity index (χ0v) is 11.7. The number of hydrogen-bond donors (Lipinski definition) is 0. The molecule has 8 heteroatoms. The van der Waals surface area contributed by atoms with Crippen LogP contribution < -0.4 is 0 Å². The van der Waals surface area contributed by atoms with Gasteiger partial charge in [-0.05, 0) is 12.1 Å². The molecule has 1 aromatic carbocycles. The zero-order chi connectivity index (χ0) is 14.2. The minimum atomic E-state index is -0.919. The summed E-state index contributed by atoms with van der Waals surface area (Å²) < 4.78 is 19.3. The van der Waals surface area contributed by atoms with E-state index in [-0.39, 0.29) is 21.3 Å². The van der Waals surface area contributed by atoms with E-state index in [1.807, 2.05) is 0 Å². The predicted molar refractivity (Wildman–Crippen MR) is 69.9 cm³/mol. The van der Waals surface area contributed by atoms with Crippen molar-refractivity contribution in [3.05, 3.63) is 44.9 Å². The van der Waals surface area contributed by atoms with Crippen molar-refractivity contribution in [3.8, 4) is 5.69 Å². The SMILES string of the molecule is COC(=O)c1cnn(-c2c(Cl)cc(Cl)cc2Cl)c1F. The van der Waals surface area contributed by atoms with Gasteiger partial charge in [0.2, 0.25) is 5.95 Å². The molecule has 4 nitrogen and oxygen atoms in total. The largest absolute Gasteiger partial charge is 0.465 e. The number of rotatable bonds is 2. The Kier molecular flexibility index (Phi) is 3.99. The van der Waals surface area contributed by atoms with E-state index in [2.05, 4.69) is 9.84 Å². The van der Waals surface area contributed by atoms with Crippen LogP contribution in [0.3, 0.4) is 0 Å². The summed E-state index contributed by atoms with van der Waals surface area (Å²) in [4.78, 5) is 11.3. The lowest BCUT2D eigenvalue weighted by Crippen LogP contribution is -2.06. The summed E-state index contributed by atoms with van der Waals surface area (Å²) in [7, 11) is 1.14. The summed E-state index contributed by atoms with van der Waals surface area (Å²) in [6.45, 7) is 0. The third-order valence-corrected chi connectivity index (χ3v) is 3.10. The van der Waals surface area contributed by atoms with Crippen molar-refractivity contribution in [2.75, 3.05) is 7.11 Å². The van der Waals surface area contributed by atoms with E-state index < -0.39 is 11.9 Å². The van der Waals surface area contributed by atoms with Crippen LogP contribution in [0, 0.1) is 5.95 Å². The molecule has 0 aliphatic rings. The summed E-state index contributed by atoms with van der Waals surface area (Å²) >= 11 is 17.7. The maximum atomic E-state index is 14.1. The summed E-state index contributed by atoms with van der Waals surface area (Å²) in [5.41, 5.74) is -0.218. The highest BCUT2D eigenvalue weighted by molar-refractivity contribution is 6.40. The molecule has 2 rings (SSSR count). The monoisotopic (exact) mass is 322 g/mol. The second-order valence-electron chi connectivity index (χ2n) is 3.47. The van der Waals surface area contributed by atoms with Crippen LogP contribution in [0.15, 0.2) is 18.3 Å². The molecule has 0 fully saturated rings. The fourth-order valence-electron chi connectivity index (χ4n) is 1.47. The van der Waals surface area contributed by atoms with Gasteiger partial charge in [0.1, 0.15) is 11.3 Å². The van der Waals surface area contributed by atoms with Crippen LogP contribution in [-0.2, 0) is 4.74 Å². The van der Waals surface area contributed by atoms with Gasteiger partial charge in [-0.3, -0.25) is 0 Å². The molecule has 0 unspecified atom stereocenters. The molecule has 1 aromatic heterocycles. The van der Waals surface area contributed by atoms with Gasteiger partial charge in [0.15, 0.2) is 0 Å². The molecule has 0 spiro atoms. The van der Waals surface area contributed by atoms with E-state index in [4.69, 9.17) is 34.8 Å². The molecule has 0 N–H and O–H groups in total. The predicted octanol–water partition coefficient (Wildman–Crippen LogP) is 3.76. The van der Waals surface area contributed by atoms with E-state index in [1.54, 1.807) is 0 Å². The van der Waals surface area contributed by atoms with E-state index in [1.165, 1.54) is 12.1 Å². The number of hydrogen-bond acceptors (Lipinski definition) is 3. The first-order valence-corrected chi connectivity index (χ1v) is 6.06. The van der Waals surface area contributed by atoms with Gasteiger partial charge in [-0.2, -0.15) is 9.49 Å². The number of halogens is 4. The topological polar surface area (TPSA) is 44.1 Å². The molecule has 0 aliphatic heterocycles. The minimum Gasteiger partial charge on any atom is -0.465 e. The van der Waals surface area contributed by atoms with Crippen molar-refractivity contribution >= 4 is 40.8 Å². The van der Waals surface area contributed by atoms with Crippen LogP contribution in [-0.4, -0.2) is 22.9 Å². The Morgan fingerprint density at radius 3 is 2.42 bits per heavy atom. The molecule has 19 heavy (non-hydrogen) atoms. The lowest BCUT2D eigenvalue weighted by Gasteiger charge is -2.08. The normalized spacial score (nSPS) is 10.6. The van der Waals surface area contributed by atoms with Crippen LogP contribution in [0.1, 0.15) is 10.4 Å². The first kappa shape index (κ1) is 14.1. The zero-order valence-electron chi connectivity index (χ0n) is 9.45. The molecule has 0 bridgehead atoms. The Bertz CT molecular complexity index is 634. The van der Waals surface area contributed by atoms with Gasteiger partial charge in [-0.1, -0.05) is 34.8 Å². The third-order valence-electron chi connectivity index (χ3n) is 2.31. The Labute approximate surface area is 122 Å². The van der Waals surface area contributed by atoms with Gasteiger partial charge >= 0.3 is 5.97 Å². The van der Waals surface area contributed by atoms with E-state index >= 15 is 0 Å². The molecule has 0 saturated heterocycles. The number of aromatic nitrogens is 2. The molecule has 0 saturated carbocycles. The summed E-state index contributed by atoms with van der Waals surface area (Å²) in [6.07, 6.45) is 1.03. The minimum absolute atomic E-state index is 0.0976. The number of benzene rings is 1. The van der Waals surface area contributed by atoms with Crippen molar-refractivity contribution in [1.29, 1.82) is 0 Å². The Morgan fingerprint density at radius 1 is 1.32 bits per heavy atom.